The summed E-state index contributed by atoms with van der Waals surface area (Å²) in [6.07, 6.45) is 7.27. The second-order valence-corrected chi connectivity index (χ2v) is 8.39. The quantitative estimate of drug-likeness (QED) is 0.577. The summed E-state index contributed by atoms with van der Waals surface area (Å²) in [7, 11) is 0. The van der Waals surface area contributed by atoms with Crippen LogP contribution in [0.25, 0.3) is 0 Å². The minimum absolute atomic E-state index is 0.411. The van der Waals surface area contributed by atoms with Crippen molar-refractivity contribution >= 4 is 22.6 Å². The topological polar surface area (TPSA) is 30.5 Å². The summed E-state index contributed by atoms with van der Waals surface area (Å²) in [5, 5.41) is 0. The van der Waals surface area contributed by atoms with Crippen LogP contribution in [0.15, 0.2) is 0 Å². The van der Waals surface area contributed by atoms with Gasteiger partial charge in [0, 0.05) is 12.3 Å². The summed E-state index contributed by atoms with van der Waals surface area (Å²) >= 11 is 2.61. The average molecular weight is 351 g/mol. The lowest BCUT2D eigenvalue weighted by Crippen LogP contribution is -3.19. The minimum Gasteiger partial charge on any atom is -0.319 e. The van der Waals surface area contributed by atoms with E-state index in [-0.39, 0.29) is 0 Å². The number of hydrogen-bond donors (Lipinski definition) is 2. The number of alkyl halides is 1. The highest BCUT2D eigenvalue weighted by molar-refractivity contribution is 14.1. The van der Waals surface area contributed by atoms with Gasteiger partial charge in [-0.1, -0.05) is 36.4 Å². The number of hydrogen-bond acceptors (Lipinski definition) is 1. The van der Waals surface area contributed by atoms with E-state index in [1.807, 2.05) is 0 Å². The zero-order valence-corrected chi connectivity index (χ0v) is 13.4. The lowest BCUT2D eigenvalue weighted by atomic mass is 9.76. The van der Waals surface area contributed by atoms with E-state index in [1.54, 1.807) is 4.90 Å². The van der Waals surface area contributed by atoms with Gasteiger partial charge in [-0.15, -0.1) is 0 Å². The molecule has 17 heavy (non-hydrogen) atoms. The highest BCUT2D eigenvalue weighted by Crippen LogP contribution is 2.32. The summed E-state index contributed by atoms with van der Waals surface area (Å²) in [5.74, 6) is 2.79. The van der Waals surface area contributed by atoms with Crippen LogP contribution in [0.1, 0.15) is 46.0 Å². The van der Waals surface area contributed by atoms with Gasteiger partial charge >= 0.3 is 0 Å². The van der Waals surface area contributed by atoms with Crippen LogP contribution in [-0.4, -0.2) is 23.2 Å². The lowest BCUT2D eigenvalue weighted by molar-refractivity contribution is -0.932. The van der Waals surface area contributed by atoms with Crippen LogP contribution in [0, 0.1) is 17.8 Å². The van der Waals surface area contributed by atoms with Crippen LogP contribution in [0.3, 0.4) is 0 Å². The van der Waals surface area contributed by atoms with Crippen molar-refractivity contribution in [2.75, 3.05) is 13.1 Å². The zero-order valence-electron chi connectivity index (χ0n) is 11.3. The van der Waals surface area contributed by atoms with Crippen molar-refractivity contribution in [3.05, 3.63) is 0 Å². The van der Waals surface area contributed by atoms with E-state index in [0.29, 0.717) is 6.17 Å². The Morgan fingerprint density at radius 2 is 1.76 bits per heavy atom. The van der Waals surface area contributed by atoms with E-state index in [9.17, 15) is 0 Å². The second kappa shape index (κ2) is 6.20. The number of nitrogens with one attached hydrogen (secondary N) is 1. The van der Waals surface area contributed by atoms with Crippen molar-refractivity contribution in [2.45, 2.75) is 56.0 Å². The highest BCUT2D eigenvalue weighted by Gasteiger charge is 2.32. The molecule has 1 saturated heterocycles. The van der Waals surface area contributed by atoms with E-state index in [1.165, 1.54) is 45.2 Å². The van der Waals surface area contributed by atoms with Crippen LogP contribution in [0.2, 0.25) is 0 Å². The van der Waals surface area contributed by atoms with Gasteiger partial charge in [-0.2, -0.15) is 0 Å². The standard InChI is InChI=1S/C14H27IN2/c1-10-5-11(2)7-12(6-10)8-17-9-13(15)3-4-14(17)16/h10-14H,3-9,16H2,1-2H3/p+1. The molecule has 0 spiro atoms. The van der Waals surface area contributed by atoms with Crippen molar-refractivity contribution in [3.8, 4) is 0 Å². The first-order valence-corrected chi connectivity index (χ1v) is 8.53. The summed E-state index contributed by atoms with van der Waals surface area (Å²) < 4.78 is 0.848. The molecule has 2 nitrogen and oxygen atoms in total. The van der Waals surface area contributed by atoms with Crippen LogP contribution < -0.4 is 10.6 Å². The molecule has 1 aliphatic heterocycles. The molecule has 0 aromatic heterocycles. The summed E-state index contributed by atoms with van der Waals surface area (Å²) in [6.45, 7) is 7.47. The van der Waals surface area contributed by atoms with Crippen LogP contribution in [0.5, 0.6) is 0 Å². The Kier molecular flexibility index (Phi) is 5.13. The van der Waals surface area contributed by atoms with Gasteiger partial charge in [0.05, 0.1) is 17.0 Å². The van der Waals surface area contributed by atoms with Gasteiger partial charge < -0.3 is 4.90 Å². The molecular weight excluding hydrogens is 323 g/mol. The second-order valence-electron chi connectivity index (χ2n) is 6.63. The fourth-order valence-electron chi connectivity index (χ4n) is 3.99. The summed E-state index contributed by atoms with van der Waals surface area (Å²) in [5.41, 5.74) is 6.29. The minimum atomic E-state index is 0.411. The molecule has 5 atom stereocenters. The number of piperidine rings is 1. The number of halogens is 1. The van der Waals surface area contributed by atoms with Gasteiger partial charge in [-0.25, -0.2) is 0 Å². The first-order valence-electron chi connectivity index (χ1n) is 7.28. The molecule has 3 N–H and O–H groups in total. The molecule has 100 valence electrons. The zero-order chi connectivity index (χ0) is 12.4. The van der Waals surface area contributed by atoms with Crippen molar-refractivity contribution in [1.29, 1.82) is 0 Å². The van der Waals surface area contributed by atoms with E-state index >= 15 is 0 Å². The maximum atomic E-state index is 6.29. The van der Waals surface area contributed by atoms with Gasteiger partial charge in [-0.05, 0) is 37.5 Å². The molecule has 2 fully saturated rings. The van der Waals surface area contributed by atoms with Crippen molar-refractivity contribution in [1.82, 2.24) is 0 Å². The molecular formula is C14H28IN2+. The molecule has 5 unspecified atom stereocenters. The third-order valence-electron chi connectivity index (χ3n) is 4.63. The lowest BCUT2D eigenvalue weighted by Gasteiger charge is -2.38. The Hall–Kier alpha value is 0.650. The summed E-state index contributed by atoms with van der Waals surface area (Å²) in [6, 6.07) is 0. The highest BCUT2D eigenvalue weighted by atomic mass is 127. The van der Waals surface area contributed by atoms with Crippen molar-refractivity contribution in [3.63, 3.8) is 0 Å². The fraction of sp³-hybridized carbons (Fsp3) is 1.00. The Bertz CT molecular complexity index is 236. The molecule has 2 rings (SSSR count). The molecule has 1 saturated carbocycles. The van der Waals surface area contributed by atoms with Crippen molar-refractivity contribution < 1.29 is 4.90 Å². The van der Waals surface area contributed by atoms with E-state index in [0.717, 1.165) is 21.7 Å². The van der Waals surface area contributed by atoms with Crippen LogP contribution in [-0.2, 0) is 0 Å². The molecule has 0 radical (unpaired) electrons. The van der Waals surface area contributed by atoms with E-state index in [4.69, 9.17) is 5.73 Å². The normalized spacial score (nSPS) is 48.0. The number of nitrogens with two attached hydrogens (primary N) is 1. The average Bonchev–Trinajstić information content (AvgIpc) is 2.22. The Balaban J connectivity index is 1.86. The van der Waals surface area contributed by atoms with Gasteiger partial charge in [0.15, 0.2) is 0 Å². The molecule has 0 aromatic rings. The summed E-state index contributed by atoms with van der Waals surface area (Å²) in [4.78, 5) is 1.68. The number of likely N-dealkylation sites (tertiary alicyclic amines) is 1. The van der Waals surface area contributed by atoms with E-state index in [2.05, 4.69) is 36.4 Å². The smallest absolute Gasteiger partial charge is 0.138 e. The molecule has 0 aromatic carbocycles. The third kappa shape index (κ3) is 4.06. The Labute approximate surface area is 120 Å². The van der Waals surface area contributed by atoms with Crippen molar-refractivity contribution in [2.24, 2.45) is 23.5 Å². The van der Waals surface area contributed by atoms with Gasteiger partial charge in [-0.3, -0.25) is 5.73 Å². The molecule has 0 bridgehead atoms. The van der Waals surface area contributed by atoms with Crippen LogP contribution in [0.4, 0.5) is 0 Å². The van der Waals surface area contributed by atoms with E-state index < -0.39 is 0 Å². The molecule has 1 heterocycles. The molecule has 3 heteroatoms. The number of rotatable bonds is 2. The Morgan fingerprint density at radius 1 is 1.12 bits per heavy atom. The maximum Gasteiger partial charge on any atom is 0.138 e. The Morgan fingerprint density at radius 3 is 2.41 bits per heavy atom. The van der Waals surface area contributed by atoms with Gasteiger partial charge in [0.1, 0.15) is 6.17 Å². The monoisotopic (exact) mass is 351 g/mol. The van der Waals surface area contributed by atoms with Gasteiger partial charge in [0.2, 0.25) is 0 Å². The SMILES string of the molecule is CC1CC(C)CC(C[NH+]2CC(I)CCC2N)C1. The number of quaternary nitrogens is 1. The maximum absolute atomic E-state index is 6.29. The largest absolute Gasteiger partial charge is 0.319 e. The van der Waals surface area contributed by atoms with Crippen LogP contribution >= 0.6 is 22.6 Å². The molecule has 0 amide bonds. The predicted molar refractivity (Wildman–Crippen MR) is 81.4 cm³/mol. The molecule has 1 aliphatic carbocycles. The fourth-order valence-corrected chi connectivity index (χ4v) is 4.91. The first-order chi connectivity index (χ1) is 8.04. The first kappa shape index (κ1) is 14.1. The van der Waals surface area contributed by atoms with Gasteiger partial charge in [0.25, 0.3) is 0 Å². The third-order valence-corrected chi connectivity index (χ3v) is 5.69. The molecule has 2 aliphatic rings. The predicted octanol–water partition coefficient (Wildman–Crippen LogP) is 1.83.